The summed E-state index contributed by atoms with van der Waals surface area (Å²) in [5.74, 6) is -0.297. The van der Waals surface area contributed by atoms with Gasteiger partial charge in [-0.15, -0.1) is 0 Å². The van der Waals surface area contributed by atoms with Gasteiger partial charge in [-0.1, -0.05) is 30.3 Å². The van der Waals surface area contributed by atoms with Crippen LogP contribution in [-0.2, 0) is 21.6 Å². The van der Waals surface area contributed by atoms with E-state index < -0.39 is 23.3 Å². The minimum atomic E-state index is -2.35. The lowest BCUT2D eigenvalue weighted by Gasteiger charge is -2.24. The van der Waals surface area contributed by atoms with Gasteiger partial charge < -0.3 is 9.47 Å². The maximum Gasteiger partial charge on any atom is 0.421 e. The highest BCUT2D eigenvalue weighted by atomic mass is 19.1. The lowest BCUT2D eigenvalue weighted by Crippen LogP contribution is -2.44. The minimum absolute atomic E-state index is 0.164. The van der Waals surface area contributed by atoms with Gasteiger partial charge in [0.1, 0.15) is 11.4 Å². The molecular formula is C21H22FNO4. The Morgan fingerprint density at radius 2 is 1.74 bits per heavy atom. The number of fused-ring (bicyclic) bond motifs is 1. The highest BCUT2D eigenvalue weighted by Gasteiger charge is 2.54. The lowest BCUT2D eigenvalue weighted by atomic mass is 9.90. The van der Waals surface area contributed by atoms with Crippen LogP contribution in [0.4, 0.5) is 14.9 Å². The molecule has 2 aromatic carbocycles. The molecule has 0 fully saturated rings. The molecule has 1 atom stereocenters. The van der Waals surface area contributed by atoms with Crippen LogP contribution in [0.2, 0.25) is 0 Å². The average Bonchev–Trinajstić information content (AvgIpc) is 2.82. The number of carbonyl (C=O) groups excluding carboxylic acids is 2. The zero-order chi connectivity index (χ0) is 19.8. The summed E-state index contributed by atoms with van der Waals surface area (Å²) >= 11 is 0. The molecule has 27 heavy (non-hydrogen) atoms. The standard InChI is InChI=1S/C21H22FNO4/c1-20(2,3)27-19(25)23-17-8-6-5-7-16(17)21(22,18(23)24)13-14-9-11-15(26-4)12-10-14/h5-12H,13H2,1-4H3. The number of nitrogens with zero attached hydrogens (tertiary/aromatic N) is 1. The van der Waals surface area contributed by atoms with Crippen molar-refractivity contribution < 1.29 is 23.5 Å². The second-order valence-corrected chi connectivity index (χ2v) is 7.46. The summed E-state index contributed by atoms with van der Waals surface area (Å²) in [7, 11) is 1.54. The number of carbonyl (C=O) groups is 2. The first-order valence-electron chi connectivity index (χ1n) is 8.64. The van der Waals surface area contributed by atoms with Crippen molar-refractivity contribution in [2.24, 2.45) is 0 Å². The summed E-state index contributed by atoms with van der Waals surface area (Å²) in [6.45, 7) is 5.08. The molecule has 1 aliphatic rings. The van der Waals surface area contributed by atoms with Crippen LogP contribution in [0.25, 0.3) is 0 Å². The predicted molar refractivity (Wildman–Crippen MR) is 99.6 cm³/mol. The van der Waals surface area contributed by atoms with Crippen LogP contribution in [0.1, 0.15) is 31.9 Å². The van der Waals surface area contributed by atoms with Crippen molar-refractivity contribution in [3.05, 3.63) is 59.7 Å². The van der Waals surface area contributed by atoms with Crippen LogP contribution in [0.15, 0.2) is 48.5 Å². The number of alkyl halides is 1. The molecule has 142 valence electrons. The third-order valence-electron chi connectivity index (χ3n) is 4.30. The molecule has 0 spiro atoms. The molecule has 0 bridgehead atoms. The topological polar surface area (TPSA) is 55.8 Å². The lowest BCUT2D eigenvalue weighted by molar-refractivity contribution is -0.129. The van der Waals surface area contributed by atoms with E-state index in [-0.39, 0.29) is 17.7 Å². The molecule has 0 aromatic heterocycles. The van der Waals surface area contributed by atoms with Crippen molar-refractivity contribution in [2.75, 3.05) is 12.0 Å². The molecule has 2 amide bonds. The van der Waals surface area contributed by atoms with Crippen LogP contribution in [0.3, 0.4) is 0 Å². The van der Waals surface area contributed by atoms with Crippen LogP contribution >= 0.6 is 0 Å². The van der Waals surface area contributed by atoms with Crippen molar-refractivity contribution in [2.45, 2.75) is 38.5 Å². The maximum absolute atomic E-state index is 16.0. The Bertz CT molecular complexity index is 872. The maximum atomic E-state index is 16.0. The Morgan fingerprint density at radius 3 is 2.33 bits per heavy atom. The Hall–Kier alpha value is -2.89. The first-order valence-corrected chi connectivity index (χ1v) is 8.64. The molecule has 1 aliphatic heterocycles. The van der Waals surface area contributed by atoms with Crippen molar-refractivity contribution in [3.63, 3.8) is 0 Å². The van der Waals surface area contributed by atoms with Gasteiger partial charge in [-0.3, -0.25) is 4.79 Å². The van der Waals surface area contributed by atoms with Crippen molar-refractivity contribution >= 4 is 17.7 Å². The van der Waals surface area contributed by atoms with E-state index in [0.717, 1.165) is 4.90 Å². The van der Waals surface area contributed by atoms with Crippen molar-refractivity contribution in [1.29, 1.82) is 0 Å². The van der Waals surface area contributed by atoms with Crippen LogP contribution in [0.5, 0.6) is 5.75 Å². The van der Waals surface area contributed by atoms with Gasteiger partial charge in [0, 0.05) is 12.0 Å². The monoisotopic (exact) mass is 371 g/mol. The third kappa shape index (κ3) is 3.52. The van der Waals surface area contributed by atoms with Crippen molar-refractivity contribution in [3.8, 4) is 5.75 Å². The smallest absolute Gasteiger partial charge is 0.421 e. The molecule has 6 heteroatoms. The largest absolute Gasteiger partial charge is 0.497 e. The molecule has 1 unspecified atom stereocenters. The number of anilines is 1. The molecule has 0 saturated carbocycles. The Kier molecular flexibility index (Phi) is 4.68. The van der Waals surface area contributed by atoms with Crippen LogP contribution < -0.4 is 9.64 Å². The van der Waals surface area contributed by atoms with E-state index in [4.69, 9.17) is 9.47 Å². The zero-order valence-corrected chi connectivity index (χ0v) is 15.8. The summed E-state index contributed by atoms with van der Waals surface area (Å²) in [5.41, 5.74) is -2.15. The summed E-state index contributed by atoms with van der Waals surface area (Å²) in [4.78, 5) is 26.3. The van der Waals surface area contributed by atoms with Gasteiger partial charge in [-0.05, 0) is 44.5 Å². The molecule has 0 radical (unpaired) electrons. The third-order valence-corrected chi connectivity index (χ3v) is 4.30. The van der Waals surface area contributed by atoms with Gasteiger partial charge in [0.15, 0.2) is 0 Å². The number of imide groups is 1. The molecule has 5 nitrogen and oxygen atoms in total. The molecule has 0 N–H and O–H groups in total. The van der Waals surface area contributed by atoms with Gasteiger partial charge in [0.2, 0.25) is 5.67 Å². The fourth-order valence-electron chi connectivity index (χ4n) is 3.09. The number of rotatable bonds is 3. The normalized spacial score (nSPS) is 19.0. The predicted octanol–water partition coefficient (Wildman–Crippen LogP) is 4.38. The summed E-state index contributed by atoms with van der Waals surface area (Å²) < 4.78 is 26.4. The Balaban J connectivity index is 1.98. The van der Waals surface area contributed by atoms with Crippen LogP contribution in [0, 0.1) is 0 Å². The second-order valence-electron chi connectivity index (χ2n) is 7.46. The van der Waals surface area contributed by atoms with Crippen LogP contribution in [-0.4, -0.2) is 24.7 Å². The molecule has 2 aromatic rings. The van der Waals surface area contributed by atoms with E-state index >= 15 is 4.39 Å². The van der Waals surface area contributed by atoms with Gasteiger partial charge in [-0.2, -0.15) is 0 Å². The molecule has 0 aliphatic carbocycles. The van der Waals surface area contributed by atoms with E-state index in [1.54, 1.807) is 70.3 Å². The Labute approximate surface area is 157 Å². The summed E-state index contributed by atoms with van der Waals surface area (Å²) in [6, 6.07) is 13.2. The minimum Gasteiger partial charge on any atom is -0.497 e. The first-order chi connectivity index (χ1) is 12.7. The van der Waals surface area contributed by atoms with Gasteiger partial charge in [0.25, 0.3) is 5.91 Å². The quantitative estimate of drug-likeness (QED) is 0.803. The summed E-state index contributed by atoms with van der Waals surface area (Å²) in [5, 5.41) is 0. The molecule has 3 rings (SSSR count). The average molecular weight is 371 g/mol. The Morgan fingerprint density at radius 1 is 1.11 bits per heavy atom. The fourth-order valence-corrected chi connectivity index (χ4v) is 3.09. The number of benzene rings is 2. The molecule has 1 heterocycles. The molecule has 0 saturated heterocycles. The number of para-hydroxylation sites is 1. The number of halogens is 1. The van der Waals surface area contributed by atoms with E-state index in [0.29, 0.717) is 11.3 Å². The van der Waals surface area contributed by atoms with E-state index in [2.05, 4.69) is 0 Å². The highest BCUT2D eigenvalue weighted by molar-refractivity contribution is 6.20. The number of hydrogen-bond donors (Lipinski definition) is 0. The van der Waals surface area contributed by atoms with Gasteiger partial charge in [0.05, 0.1) is 12.8 Å². The van der Waals surface area contributed by atoms with E-state index in [1.807, 2.05) is 0 Å². The number of hydrogen-bond acceptors (Lipinski definition) is 4. The number of amides is 2. The highest BCUT2D eigenvalue weighted by Crippen LogP contribution is 2.45. The van der Waals surface area contributed by atoms with Gasteiger partial charge in [-0.25, -0.2) is 14.1 Å². The summed E-state index contributed by atoms with van der Waals surface area (Å²) in [6.07, 6.45) is -1.07. The SMILES string of the molecule is COc1ccc(CC2(F)C(=O)N(C(=O)OC(C)(C)C)c3ccccc32)cc1. The number of ether oxygens (including phenoxy) is 2. The second kappa shape index (κ2) is 6.68. The van der Waals surface area contributed by atoms with Gasteiger partial charge >= 0.3 is 6.09 Å². The zero-order valence-electron chi connectivity index (χ0n) is 15.8. The molecular weight excluding hydrogens is 349 g/mol. The van der Waals surface area contributed by atoms with Crippen molar-refractivity contribution in [1.82, 2.24) is 0 Å². The van der Waals surface area contributed by atoms with E-state index in [9.17, 15) is 9.59 Å². The fraction of sp³-hybridized carbons (Fsp3) is 0.333. The number of methoxy groups -OCH3 is 1. The first kappa shape index (κ1) is 18.9. The van der Waals surface area contributed by atoms with E-state index in [1.165, 1.54) is 6.07 Å².